The molecule has 9 nitrogen and oxygen atoms in total. The van der Waals surface area contributed by atoms with E-state index in [0.717, 1.165) is 19.3 Å². The molecule has 1 aromatic heterocycles. The molecule has 2 aromatic rings. The zero-order valence-corrected chi connectivity index (χ0v) is 18.6. The molecule has 0 radical (unpaired) electrons. The van der Waals surface area contributed by atoms with Gasteiger partial charge in [0, 0.05) is 35.9 Å². The summed E-state index contributed by atoms with van der Waals surface area (Å²) in [4.78, 5) is 4.29. The Morgan fingerprint density at radius 2 is 2.12 bits per heavy atom. The summed E-state index contributed by atoms with van der Waals surface area (Å²) >= 11 is 0. The van der Waals surface area contributed by atoms with Crippen molar-refractivity contribution in [3.63, 3.8) is 0 Å². The van der Waals surface area contributed by atoms with E-state index >= 15 is 0 Å². The minimum absolute atomic E-state index is 0.130. The highest BCUT2D eigenvalue weighted by Gasteiger charge is 2.28. The first-order valence-electron chi connectivity index (χ1n) is 10.8. The fourth-order valence-corrected chi connectivity index (χ4v) is 4.06. The van der Waals surface area contributed by atoms with Crippen LogP contribution in [0.3, 0.4) is 0 Å². The summed E-state index contributed by atoms with van der Waals surface area (Å²) in [7, 11) is 1.65. The van der Waals surface area contributed by atoms with Crippen LogP contribution in [0.2, 0.25) is 0 Å². The standard InChI is InChI=1S/C23H27FN8O/c1-12-17-9-15(24)6-7-16(17)20(25)18(32-28-2)11-29-21(22(31-27)13-4-3-5-13)14-8-19(33-12)23(26)30-10-14/h6-10,12-13,25,27-29H,3-5,11H2,1-2H3,(H2,26,30)/b22-21-,25-20?,31-27?,32-18-/t12-/m1/s1. The van der Waals surface area contributed by atoms with Gasteiger partial charge < -0.3 is 21.2 Å². The molecule has 1 aliphatic carbocycles. The topological polar surface area (TPSA) is 145 Å². The van der Waals surface area contributed by atoms with E-state index in [4.69, 9.17) is 21.4 Å². The highest BCUT2D eigenvalue weighted by Crippen LogP contribution is 2.38. The van der Waals surface area contributed by atoms with Crippen LogP contribution in [0.5, 0.6) is 5.75 Å². The number of pyridine rings is 1. The molecule has 172 valence electrons. The first kappa shape index (κ1) is 22.4. The van der Waals surface area contributed by atoms with Crippen LogP contribution < -0.4 is 21.2 Å². The third-order valence-corrected chi connectivity index (χ3v) is 6.03. The van der Waals surface area contributed by atoms with Crippen molar-refractivity contribution in [3.8, 4) is 5.75 Å². The molecule has 1 atom stereocenters. The molecule has 2 aliphatic rings. The predicted molar refractivity (Wildman–Crippen MR) is 125 cm³/mol. The number of aromatic nitrogens is 1. The van der Waals surface area contributed by atoms with Gasteiger partial charge in [0.15, 0.2) is 11.6 Å². The van der Waals surface area contributed by atoms with Crippen molar-refractivity contribution < 1.29 is 9.13 Å². The molecule has 10 heteroatoms. The molecule has 2 heterocycles. The molecule has 6 N–H and O–H groups in total. The van der Waals surface area contributed by atoms with Gasteiger partial charge in [0.25, 0.3) is 0 Å². The second kappa shape index (κ2) is 9.35. The number of ether oxygens (including phenoxy) is 1. The normalized spacial score (nSPS) is 21.5. The molecule has 0 amide bonds. The summed E-state index contributed by atoms with van der Waals surface area (Å²) in [6.07, 6.45) is 4.00. The fourth-order valence-electron chi connectivity index (χ4n) is 4.06. The van der Waals surface area contributed by atoms with Crippen LogP contribution in [0.1, 0.15) is 49.0 Å². The predicted octanol–water partition coefficient (Wildman–Crippen LogP) is 3.99. The van der Waals surface area contributed by atoms with Gasteiger partial charge >= 0.3 is 0 Å². The lowest BCUT2D eigenvalue weighted by Gasteiger charge is -2.28. The van der Waals surface area contributed by atoms with Crippen LogP contribution in [-0.2, 0) is 0 Å². The highest BCUT2D eigenvalue weighted by molar-refractivity contribution is 6.48. The van der Waals surface area contributed by atoms with Crippen LogP contribution in [0.4, 0.5) is 10.2 Å². The molecular weight excluding hydrogens is 423 g/mol. The van der Waals surface area contributed by atoms with E-state index in [1.165, 1.54) is 12.1 Å². The van der Waals surface area contributed by atoms with Crippen molar-refractivity contribution in [1.29, 1.82) is 10.9 Å². The molecular formula is C23H27FN8O. The maximum Gasteiger partial charge on any atom is 0.166 e. The molecule has 2 bridgehead atoms. The Balaban J connectivity index is 1.91. The van der Waals surface area contributed by atoms with Gasteiger partial charge in [0.05, 0.1) is 23.7 Å². The number of anilines is 1. The summed E-state index contributed by atoms with van der Waals surface area (Å²) in [5.74, 6) is 0.275. The number of allylic oxidation sites excluding steroid dienone is 1. The van der Waals surface area contributed by atoms with Gasteiger partial charge in [-0.05, 0) is 44.0 Å². The van der Waals surface area contributed by atoms with E-state index in [2.05, 4.69) is 25.9 Å². The second-order valence-corrected chi connectivity index (χ2v) is 8.11. The van der Waals surface area contributed by atoms with Crippen LogP contribution in [-0.4, -0.2) is 30.0 Å². The quantitative estimate of drug-likeness (QED) is 0.355. The van der Waals surface area contributed by atoms with E-state index in [-0.39, 0.29) is 24.0 Å². The lowest BCUT2D eigenvalue weighted by molar-refractivity contribution is 0.227. The molecule has 33 heavy (non-hydrogen) atoms. The van der Waals surface area contributed by atoms with Crippen molar-refractivity contribution >= 4 is 22.9 Å². The summed E-state index contributed by atoms with van der Waals surface area (Å²) in [6, 6.07) is 5.98. The van der Waals surface area contributed by atoms with Gasteiger partial charge in [-0.3, -0.25) is 5.41 Å². The zero-order chi connectivity index (χ0) is 23.5. The zero-order valence-electron chi connectivity index (χ0n) is 18.6. The van der Waals surface area contributed by atoms with E-state index < -0.39 is 11.9 Å². The first-order chi connectivity index (χ1) is 15.9. The van der Waals surface area contributed by atoms with Crippen molar-refractivity contribution in [2.45, 2.75) is 32.3 Å². The lowest BCUT2D eigenvalue weighted by atomic mass is 9.81. The number of rotatable bonds is 3. The number of fused-ring (bicyclic) bond motifs is 3. The van der Waals surface area contributed by atoms with Crippen LogP contribution in [0, 0.1) is 22.7 Å². The monoisotopic (exact) mass is 450 g/mol. The van der Waals surface area contributed by atoms with Gasteiger partial charge in [-0.25, -0.2) is 14.9 Å². The average Bonchev–Trinajstić information content (AvgIpc) is 2.77. The number of nitrogens with one attached hydrogen (secondary N) is 4. The summed E-state index contributed by atoms with van der Waals surface area (Å²) in [5.41, 5.74) is 20.1. The molecule has 1 fully saturated rings. The van der Waals surface area contributed by atoms with Crippen LogP contribution in [0.15, 0.2) is 46.4 Å². The third kappa shape index (κ3) is 4.41. The van der Waals surface area contributed by atoms with E-state index in [1.54, 1.807) is 32.3 Å². The number of nitrogens with zero attached hydrogens (tertiary/aromatic N) is 3. The fraction of sp³-hybridized carbons (Fsp3) is 0.348. The smallest absolute Gasteiger partial charge is 0.166 e. The molecule has 0 unspecified atom stereocenters. The Labute approximate surface area is 191 Å². The Kier molecular flexibility index (Phi) is 6.34. The minimum Gasteiger partial charge on any atom is -0.482 e. The number of hydrogen-bond acceptors (Lipinski definition) is 9. The molecule has 0 saturated heterocycles. The Bertz CT molecular complexity index is 1160. The average molecular weight is 451 g/mol. The summed E-state index contributed by atoms with van der Waals surface area (Å²) < 4.78 is 20.2. The number of hydrogen-bond donors (Lipinski definition) is 5. The van der Waals surface area contributed by atoms with Gasteiger partial charge in [0.2, 0.25) is 0 Å². The minimum atomic E-state index is -0.613. The van der Waals surface area contributed by atoms with Crippen LogP contribution >= 0.6 is 0 Å². The Hall–Kier alpha value is -3.82. The van der Waals surface area contributed by atoms with E-state index in [1.807, 2.05) is 0 Å². The maximum atomic E-state index is 14.1. The number of nitrogens with two attached hydrogens (primary N) is 1. The highest BCUT2D eigenvalue weighted by atomic mass is 19.1. The van der Waals surface area contributed by atoms with Crippen LogP contribution in [0.25, 0.3) is 5.70 Å². The van der Waals surface area contributed by atoms with E-state index in [9.17, 15) is 4.39 Å². The van der Waals surface area contributed by atoms with Gasteiger partial charge in [-0.2, -0.15) is 10.2 Å². The molecule has 1 aliphatic heterocycles. The van der Waals surface area contributed by atoms with Crippen molar-refractivity contribution in [3.05, 3.63) is 58.7 Å². The number of halogens is 1. The number of nitrogen functional groups attached to an aromatic ring is 1. The largest absolute Gasteiger partial charge is 0.482 e. The summed E-state index contributed by atoms with van der Waals surface area (Å²) in [6.45, 7) is 1.96. The maximum absolute atomic E-state index is 14.1. The number of benzene rings is 1. The lowest BCUT2D eigenvalue weighted by Crippen LogP contribution is -2.32. The number of hydrazone groups is 1. The molecule has 0 spiro atoms. The first-order valence-corrected chi connectivity index (χ1v) is 10.8. The molecule has 1 saturated carbocycles. The van der Waals surface area contributed by atoms with Gasteiger partial charge in [0.1, 0.15) is 17.6 Å². The van der Waals surface area contributed by atoms with E-state index in [0.29, 0.717) is 39.5 Å². The summed E-state index contributed by atoms with van der Waals surface area (Å²) in [5, 5.41) is 20.3. The SMILES string of the molecule is CN/N=C1/CN/C(=C(\N=N)C2CCC2)c2cnc(N)c(c2)O[C@H](C)c2cc(F)ccc2C1=N. The molecule has 1 aromatic carbocycles. The molecule has 4 rings (SSSR count). The van der Waals surface area contributed by atoms with Gasteiger partial charge in [-0.1, -0.05) is 6.42 Å². The second-order valence-electron chi connectivity index (χ2n) is 8.11. The van der Waals surface area contributed by atoms with Crippen molar-refractivity contribution in [1.82, 2.24) is 15.7 Å². The van der Waals surface area contributed by atoms with Gasteiger partial charge in [-0.15, -0.1) is 0 Å². The third-order valence-electron chi connectivity index (χ3n) is 6.03. The van der Waals surface area contributed by atoms with Crippen molar-refractivity contribution in [2.24, 2.45) is 16.1 Å². The van der Waals surface area contributed by atoms with Crippen molar-refractivity contribution in [2.75, 3.05) is 19.3 Å². The Morgan fingerprint density at radius 1 is 1.33 bits per heavy atom. The Morgan fingerprint density at radius 3 is 2.79 bits per heavy atom.